The summed E-state index contributed by atoms with van der Waals surface area (Å²) in [6.07, 6.45) is 0. The minimum atomic E-state index is -0.256. The van der Waals surface area contributed by atoms with Crippen LogP contribution in [-0.4, -0.2) is 25.1 Å². The Balaban J connectivity index is 1.60. The third-order valence-electron chi connectivity index (χ3n) is 4.76. The predicted octanol–water partition coefficient (Wildman–Crippen LogP) is 5.38. The van der Waals surface area contributed by atoms with Crippen LogP contribution >= 0.6 is 0 Å². The number of aromatic nitrogens is 1. The molecule has 6 heteroatoms. The van der Waals surface area contributed by atoms with Crippen LogP contribution in [0.15, 0.2) is 59.0 Å². The SMILES string of the molecule is COc1ccc(C(=O)Nc2ccc3oc(-c4cc(C)cc(C)c4)nc3c2)cc1OC. The number of hydrogen-bond acceptors (Lipinski definition) is 5. The van der Waals surface area contributed by atoms with E-state index in [-0.39, 0.29) is 5.91 Å². The van der Waals surface area contributed by atoms with Gasteiger partial charge in [0.2, 0.25) is 5.89 Å². The van der Waals surface area contributed by atoms with E-state index in [9.17, 15) is 4.79 Å². The molecule has 0 bridgehead atoms. The lowest BCUT2D eigenvalue weighted by Crippen LogP contribution is -2.12. The normalized spacial score (nSPS) is 10.8. The molecule has 1 N–H and O–H groups in total. The zero-order valence-electron chi connectivity index (χ0n) is 17.3. The maximum absolute atomic E-state index is 12.7. The molecule has 6 nitrogen and oxygen atoms in total. The average molecular weight is 402 g/mol. The van der Waals surface area contributed by atoms with Crippen LogP contribution in [-0.2, 0) is 0 Å². The fraction of sp³-hybridized carbons (Fsp3) is 0.167. The first-order chi connectivity index (χ1) is 14.5. The highest BCUT2D eigenvalue weighted by Gasteiger charge is 2.13. The van der Waals surface area contributed by atoms with E-state index < -0.39 is 0 Å². The molecule has 0 saturated carbocycles. The average Bonchev–Trinajstić information content (AvgIpc) is 3.16. The van der Waals surface area contributed by atoms with E-state index in [1.165, 1.54) is 7.11 Å². The first-order valence-electron chi connectivity index (χ1n) is 9.49. The first-order valence-corrected chi connectivity index (χ1v) is 9.49. The first kappa shape index (κ1) is 19.5. The number of nitrogens with zero attached hydrogens (tertiary/aromatic N) is 1. The van der Waals surface area contributed by atoms with Crippen LogP contribution in [0.5, 0.6) is 11.5 Å². The van der Waals surface area contributed by atoms with Crippen LogP contribution in [0.1, 0.15) is 21.5 Å². The Morgan fingerprint density at radius 3 is 2.33 bits per heavy atom. The van der Waals surface area contributed by atoms with E-state index in [1.807, 2.05) is 26.0 Å². The molecule has 30 heavy (non-hydrogen) atoms. The summed E-state index contributed by atoms with van der Waals surface area (Å²) < 4.78 is 16.4. The molecule has 1 amide bonds. The lowest BCUT2D eigenvalue weighted by molar-refractivity contribution is 0.102. The lowest BCUT2D eigenvalue weighted by Gasteiger charge is -2.10. The van der Waals surface area contributed by atoms with Crippen molar-refractivity contribution in [2.24, 2.45) is 0 Å². The van der Waals surface area contributed by atoms with Crippen LogP contribution in [0.3, 0.4) is 0 Å². The molecule has 4 aromatic rings. The Labute approximate surface area is 174 Å². The summed E-state index contributed by atoms with van der Waals surface area (Å²) in [4.78, 5) is 17.3. The van der Waals surface area contributed by atoms with Gasteiger partial charge in [0.1, 0.15) is 5.52 Å². The number of amides is 1. The fourth-order valence-electron chi connectivity index (χ4n) is 3.41. The molecular weight excluding hydrogens is 380 g/mol. The van der Waals surface area contributed by atoms with Crippen LogP contribution in [0, 0.1) is 13.8 Å². The van der Waals surface area contributed by atoms with Crippen LogP contribution in [0.25, 0.3) is 22.6 Å². The number of fused-ring (bicyclic) bond motifs is 1. The summed E-state index contributed by atoms with van der Waals surface area (Å²) in [7, 11) is 3.09. The van der Waals surface area contributed by atoms with Crippen molar-refractivity contribution in [1.82, 2.24) is 4.98 Å². The highest BCUT2D eigenvalue weighted by Crippen LogP contribution is 2.29. The van der Waals surface area contributed by atoms with Crippen LogP contribution in [0.2, 0.25) is 0 Å². The second-order valence-electron chi connectivity index (χ2n) is 7.10. The van der Waals surface area contributed by atoms with Gasteiger partial charge in [-0.1, -0.05) is 17.2 Å². The molecule has 0 spiro atoms. The Morgan fingerprint density at radius 1 is 0.900 bits per heavy atom. The van der Waals surface area contributed by atoms with Crippen molar-refractivity contribution in [3.05, 3.63) is 71.3 Å². The highest BCUT2D eigenvalue weighted by atomic mass is 16.5. The van der Waals surface area contributed by atoms with Crippen molar-refractivity contribution in [3.8, 4) is 23.0 Å². The molecule has 0 aliphatic rings. The van der Waals surface area contributed by atoms with E-state index >= 15 is 0 Å². The smallest absolute Gasteiger partial charge is 0.255 e. The number of hydrogen-bond donors (Lipinski definition) is 1. The topological polar surface area (TPSA) is 73.6 Å². The Hall–Kier alpha value is -3.80. The van der Waals surface area contributed by atoms with Crippen LogP contribution in [0.4, 0.5) is 5.69 Å². The lowest BCUT2D eigenvalue weighted by atomic mass is 10.1. The van der Waals surface area contributed by atoms with Gasteiger partial charge in [-0.15, -0.1) is 0 Å². The van der Waals surface area contributed by atoms with Gasteiger partial charge in [0, 0.05) is 16.8 Å². The number of carbonyl (C=O) groups excluding carboxylic acids is 1. The zero-order chi connectivity index (χ0) is 21.3. The van der Waals surface area contributed by atoms with Crippen molar-refractivity contribution in [2.75, 3.05) is 19.5 Å². The fourth-order valence-corrected chi connectivity index (χ4v) is 3.41. The van der Waals surface area contributed by atoms with Gasteiger partial charge in [-0.25, -0.2) is 4.98 Å². The summed E-state index contributed by atoms with van der Waals surface area (Å²) in [6.45, 7) is 4.09. The number of methoxy groups -OCH3 is 2. The Morgan fingerprint density at radius 2 is 1.63 bits per heavy atom. The van der Waals surface area contributed by atoms with E-state index in [2.05, 4.69) is 16.4 Å². The van der Waals surface area contributed by atoms with Gasteiger partial charge in [0.15, 0.2) is 17.1 Å². The number of anilines is 1. The summed E-state index contributed by atoms with van der Waals surface area (Å²) in [5, 5.41) is 2.89. The summed E-state index contributed by atoms with van der Waals surface area (Å²) in [6, 6.07) is 16.6. The molecule has 0 fully saturated rings. The quantitative estimate of drug-likeness (QED) is 0.485. The van der Waals surface area contributed by atoms with Gasteiger partial charge >= 0.3 is 0 Å². The molecule has 152 valence electrons. The number of carbonyl (C=O) groups is 1. The number of benzene rings is 3. The number of nitrogens with one attached hydrogen (secondary N) is 1. The van der Waals surface area contributed by atoms with Gasteiger partial charge in [-0.2, -0.15) is 0 Å². The van der Waals surface area contributed by atoms with Crippen molar-refractivity contribution < 1.29 is 18.7 Å². The maximum atomic E-state index is 12.7. The molecule has 4 rings (SSSR count). The van der Waals surface area contributed by atoms with Gasteiger partial charge < -0.3 is 19.2 Å². The number of rotatable bonds is 5. The molecule has 0 aliphatic carbocycles. The summed E-state index contributed by atoms with van der Waals surface area (Å²) in [5.41, 5.74) is 5.65. The molecule has 0 saturated heterocycles. The van der Waals surface area contributed by atoms with Crippen molar-refractivity contribution in [3.63, 3.8) is 0 Å². The van der Waals surface area contributed by atoms with Crippen molar-refractivity contribution >= 4 is 22.7 Å². The maximum Gasteiger partial charge on any atom is 0.255 e. The van der Waals surface area contributed by atoms with Gasteiger partial charge in [-0.3, -0.25) is 4.79 Å². The number of ether oxygens (including phenoxy) is 2. The van der Waals surface area contributed by atoms with E-state index in [0.717, 1.165) is 16.7 Å². The third-order valence-corrected chi connectivity index (χ3v) is 4.76. The molecule has 0 atom stereocenters. The van der Waals surface area contributed by atoms with Gasteiger partial charge in [0.05, 0.1) is 14.2 Å². The Bertz CT molecular complexity index is 1220. The zero-order valence-corrected chi connectivity index (χ0v) is 17.3. The number of aryl methyl sites for hydroxylation is 2. The Kier molecular flexibility index (Phi) is 5.14. The van der Waals surface area contributed by atoms with Gasteiger partial charge in [-0.05, 0) is 62.4 Å². The van der Waals surface area contributed by atoms with Gasteiger partial charge in [0.25, 0.3) is 5.91 Å². The standard InChI is InChI=1S/C24H22N2O4/c1-14-9-15(2)11-17(10-14)24-26-19-13-18(6-8-20(19)30-24)25-23(27)16-5-7-21(28-3)22(12-16)29-4/h5-13H,1-4H3,(H,25,27). The van der Waals surface area contributed by atoms with E-state index in [0.29, 0.717) is 39.7 Å². The van der Waals surface area contributed by atoms with E-state index in [4.69, 9.17) is 13.9 Å². The minimum absolute atomic E-state index is 0.256. The molecular formula is C24H22N2O4. The number of oxazole rings is 1. The summed E-state index contributed by atoms with van der Waals surface area (Å²) in [5.74, 6) is 1.36. The monoisotopic (exact) mass is 402 g/mol. The van der Waals surface area contributed by atoms with Crippen LogP contribution < -0.4 is 14.8 Å². The molecule has 1 aromatic heterocycles. The largest absolute Gasteiger partial charge is 0.493 e. The van der Waals surface area contributed by atoms with Crippen molar-refractivity contribution in [1.29, 1.82) is 0 Å². The molecule has 0 aliphatic heterocycles. The molecule has 3 aromatic carbocycles. The molecule has 0 radical (unpaired) electrons. The second kappa shape index (κ2) is 7.91. The third kappa shape index (κ3) is 3.85. The molecule has 1 heterocycles. The minimum Gasteiger partial charge on any atom is -0.493 e. The summed E-state index contributed by atoms with van der Waals surface area (Å²) >= 11 is 0. The predicted molar refractivity (Wildman–Crippen MR) is 116 cm³/mol. The molecule has 0 unspecified atom stereocenters. The second-order valence-corrected chi connectivity index (χ2v) is 7.10. The van der Waals surface area contributed by atoms with Crippen molar-refractivity contribution in [2.45, 2.75) is 13.8 Å². The van der Waals surface area contributed by atoms with E-state index in [1.54, 1.807) is 43.5 Å². The highest BCUT2D eigenvalue weighted by molar-refractivity contribution is 6.05.